The Morgan fingerprint density at radius 3 is 2.88 bits per heavy atom. The molecule has 2 amide bonds. The Bertz CT molecular complexity index is 696. The van der Waals surface area contributed by atoms with Gasteiger partial charge in [0.2, 0.25) is 5.88 Å². The lowest BCUT2D eigenvalue weighted by Crippen LogP contribution is -2.37. The molecule has 6 nitrogen and oxygen atoms in total. The van der Waals surface area contributed by atoms with Crippen LogP contribution in [-0.2, 0) is 6.54 Å². The Labute approximate surface area is 148 Å². The van der Waals surface area contributed by atoms with Crippen LogP contribution < -0.4 is 15.4 Å². The molecule has 9 heteroatoms. The molecule has 2 aromatic heterocycles. The highest BCUT2D eigenvalue weighted by molar-refractivity contribution is 7.09. The number of aryl methyl sites for hydroxylation is 1. The first-order valence-electron chi connectivity index (χ1n) is 7.80. The van der Waals surface area contributed by atoms with Crippen LogP contribution in [0.3, 0.4) is 0 Å². The summed E-state index contributed by atoms with van der Waals surface area (Å²) in [7, 11) is 0. The van der Waals surface area contributed by atoms with Crippen LogP contribution in [0.4, 0.5) is 13.6 Å². The SMILES string of the molecule is CCC(NC(=O)NCc1ccnc(OCC(F)F)c1)c1nc(C)cs1. The van der Waals surface area contributed by atoms with Gasteiger partial charge in [0.15, 0.2) is 6.61 Å². The molecule has 2 N–H and O–H groups in total. The van der Waals surface area contributed by atoms with Crippen molar-refractivity contribution in [2.45, 2.75) is 39.3 Å². The van der Waals surface area contributed by atoms with Crippen molar-refractivity contribution in [3.63, 3.8) is 0 Å². The van der Waals surface area contributed by atoms with E-state index < -0.39 is 13.0 Å². The van der Waals surface area contributed by atoms with Gasteiger partial charge in [-0.1, -0.05) is 6.92 Å². The lowest BCUT2D eigenvalue weighted by atomic mass is 10.2. The predicted octanol–water partition coefficient (Wildman–Crippen LogP) is 3.44. The number of urea groups is 1. The third-order valence-electron chi connectivity index (χ3n) is 3.26. The van der Waals surface area contributed by atoms with Crippen molar-refractivity contribution in [3.8, 4) is 5.88 Å². The minimum absolute atomic E-state index is 0.102. The highest BCUT2D eigenvalue weighted by atomic mass is 32.1. The molecule has 0 radical (unpaired) electrons. The van der Waals surface area contributed by atoms with Gasteiger partial charge in [-0.25, -0.2) is 23.5 Å². The number of carbonyl (C=O) groups excluding carboxylic acids is 1. The second-order valence-electron chi connectivity index (χ2n) is 5.32. The second kappa shape index (κ2) is 9.26. The van der Waals surface area contributed by atoms with Crippen molar-refractivity contribution < 1.29 is 18.3 Å². The molecule has 0 aromatic carbocycles. The molecule has 0 saturated heterocycles. The van der Waals surface area contributed by atoms with Crippen LogP contribution in [0, 0.1) is 6.92 Å². The maximum atomic E-state index is 12.1. The van der Waals surface area contributed by atoms with Crippen LogP contribution in [0.5, 0.6) is 5.88 Å². The minimum atomic E-state index is -2.56. The van der Waals surface area contributed by atoms with E-state index in [0.717, 1.165) is 17.1 Å². The maximum absolute atomic E-state index is 12.1. The van der Waals surface area contributed by atoms with Crippen LogP contribution in [0.15, 0.2) is 23.7 Å². The Hall–Kier alpha value is -2.29. The summed E-state index contributed by atoms with van der Waals surface area (Å²) >= 11 is 1.51. The van der Waals surface area contributed by atoms with Crippen LogP contribution in [0.2, 0.25) is 0 Å². The molecule has 2 rings (SSSR count). The van der Waals surface area contributed by atoms with E-state index in [2.05, 4.69) is 20.6 Å². The van der Waals surface area contributed by atoms with Gasteiger partial charge >= 0.3 is 6.03 Å². The lowest BCUT2D eigenvalue weighted by Gasteiger charge is -2.15. The fraction of sp³-hybridized carbons (Fsp3) is 0.438. The van der Waals surface area contributed by atoms with Gasteiger partial charge < -0.3 is 15.4 Å². The number of alkyl halides is 2. The van der Waals surface area contributed by atoms with Gasteiger partial charge in [0.1, 0.15) is 5.01 Å². The molecule has 25 heavy (non-hydrogen) atoms. The summed E-state index contributed by atoms with van der Waals surface area (Å²) in [5.74, 6) is 0.102. The Kier molecular flexibility index (Phi) is 7.05. The smallest absolute Gasteiger partial charge is 0.315 e. The largest absolute Gasteiger partial charge is 0.472 e. The zero-order chi connectivity index (χ0) is 18.2. The molecule has 1 unspecified atom stereocenters. The van der Waals surface area contributed by atoms with E-state index in [0.29, 0.717) is 5.56 Å². The summed E-state index contributed by atoms with van der Waals surface area (Å²) in [6.07, 6.45) is -0.390. The Morgan fingerprint density at radius 2 is 2.24 bits per heavy atom. The van der Waals surface area contributed by atoms with Crippen LogP contribution in [-0.4, -0.2) is 29.0 Å². The third kappa shape index (κ3) is 6.26. The van der Waals surface area contributed by atoms with E-state index in [1.165, 1.54) is 23.6 Å². The molecule has 0 fully saturated rings. The predicted molar refractivity (Wildman–Crippen MR) is 91.0 cm³/mol. The summed E-state index contributed by atoms with van der Waals surface area (Å²) < 4.78 is 29.2. The molecular weight excluding hydrogens is 350 g/mol. The molecule has 0 aliphatic rings. The van der Waals surface area contributed by atoms with Crippen molar-refractivity contribution in [1.82, 2.24) is 20.6 Å². The second-order valence-corrected chi connectivity index (χ2v) is 6.21. The number of ether oxygens (including phenoxy) is 1. The van der Waals surface area contributed by atoms with Crippen LogP contribution >= 0.6 is 11.3 Å². The van der Waals surface area contributed by atoms with Crippen molar-refractivity contribution >= 4 is 17.4 Å². The average molecular weight is 370 g/mol. The molecule has 2 heterocycles. The topological polar surface area (TPSA) is 76.1 Å². The number of rotatable bonds is 8. The molecule has 2 aromatic rings. The van der Waals surface area contributed by atoms with Gasteiger partial charge in [-0.3, -0.25) is 0 Å². The number of hydrogen-bond acceptors (Lipinski definition) is 5. The molecule has 136 valence electrons. The number of thiazole rings is 1. The van der Waals surface area contributed by atoms with E-state index in [4.69, 9.17) is 4.74 Å². The zero-order valence-electron chi connectivity index (χ0n) is 14.0. The Morgan fingerprint density at radius 1 is 1.44 bits per heavy atom. The van der Waals surface area contributed by atoms with Crippen molar-refractivity contribution in [2.75, 3.05) is 6.61 Å². The van der Waals surface area contributed by atoms with Gasteiger partial charge in [0.25, 0.3) is 6.43 Å². The summed E-state index contributed by atoms with van der Waals surface area (Å²) in [5, 5.41) is 8.40. The first-order valence-corrected chi connectivity index (χ1v) is 8.68. The molecule has 0 saturated carbocycles. The average Bonchev–Trinajstić information content (AvgIpc) is 3.02. The highest BCUT2D eigenvalue weighted by Crippen LogP contribution is 2.20. The minimum Gasteiger partial charge on any atom is -0.472 e. The van der Waals surface area contributed by atoms with E-state index >= 15 is 0 Å². The van der Waals surface area contributed by atoms with Crippen LogP contribution in [0.1, 0.15) is 35.7 Å². The zero-order valence-corrected chi connectivity index (χ0v) is 14.8. The van der Waals surface area contributed by atoms with Crippen molar-refractivity contribution in [1.29, 1.82) is 0 Å². The van der Waals surface area contributed by atoms with Crippen molar-refractivity contribution in [3.05, 3.63) is 40.0 Å². The molecular formula is C16H20F2N4O2S. The molecule has 0 bridgehead atoms. The fourth-order valence-corrected chi connectivity index (χ4v) is 2.98. The number of nitrogens with zero attached hydrogens (tertiary/aromatic N) is 2. The summed E-state index contributed by atoms with van der Waals surface area (Å²) in [6.45, 7) is 3.39. The summed E-state index contributed by atoms with van der Waals surface area (Å²) in [6, 6.07) is 2.72. The maximum Gasteiger partial charge on any atom is 0.315 e. The first kappa shape index (κ1) is 19.0. The molecule has 0 aliphatic heterocycles. The number of carbonyl (C=O) groups is 1. The normalized spacial score (nSPS) is 12.0. The highest BCUT2D eigenvalue weighted by Gasteiger charge is 2.15. The quantitative estimate of drug-likeness (QED) is 0.746. The molecule has 0 spiro atoms. The molecule has 0 aliphatic carbocycles. The van der Waals surface area contributed by atoms with Gasteiger partial charge in [0.05, 0.1) is 6.04 Å². The standard InChI is InChI=1S/C16H20F2N4O2S/c1-3-12(15-21-10(2)9-25-15)22-16(23)20-7-11-4-5-19-14(6-11)24-8-13(17)18/h4-6,9,12-13H,3,7-8H2,1-2H3,(H2,20,22,23). The van der Waals surface area contributed by atoms with Gasteiger partial charge in [-0.05, 0) is 25.0 Å². The number of amides is 2. The van der Waals surface area contributed by atoms with Crippen molar-refractivity contribution in [2.24, 2.45) is 0 Å². The summed E-state index contributed by atoms with van der Waals surface area (Å²) in [5.41, 5.74) is 1.63. The molecule has 1 atom stereocenters. The number of pyridine rings is 1. The number of nitrogens with one attached hydrogen (secondary N) is 2. The van der Waals surface area contributed by atoms with E-state index in [1.807, 2.05) is 19.2 Å². The van der Waals surface area contributed by atoms with E-state index in [9.17, 15) is 13.6 Å². The van der Waals surface area contributed by atoms with Crippen LogP contribution in [0.25, 0.3) is 0 Å². The number of aromatic nitrogens is 2. The number of halogens is 2. The first-order chi connectivity index (χ1) is 12.0. The fourth-order valence-electron chi connectivity index (χ4n) is 2.05. The Balaban J connectivity index is 1.85. The van der Waals surface area contributed by atoms with Gasteiger partial charge in [0, 0.05) is 29.9 Å². The lowest BCUT2D eigenvalue weighted by molar-refractivity contribution is 0.0795. The third-order valence-corrected chi connectivity index (χ3v) is 4.33. The van der Waals surface area contributed by atoms with E-state index in [-0.39, 0.29) is 24.5 Å². The van der Waals surface area contributed by atoms with Gasteiger partial charge in [-0.2, -0.15) is 0 Å². The monoisotopic (exact) mass is 370 g/mol. The summed E-state index contributed by atoms with van der Waals surface area (Å²) in [4.78, 5) is 20.3. The van der Waals surface area contributed by atoms with E-state index in [1.54, 1.807) is 6.07 Å². The van der Waals surface area contributed by atoms with Gasteiger partial charge in [-0.15, -0.1) is 11.3 Å². The number of hydrogen-bond donors (Lipinski definition) is 2.